The van der Waals surface area contributed by atoms with Crippen molar-refractivity contribution in [2.45, 2.75) is 13.0 Å². The summed E-state index contributed by atoms with van der Waals surface area (Å²) >= 11 is 0. The van der Waals surface area contributed by atoms with E-state index in [0.29, 0.717) is 13.2 Å². The van der Waals surface area contributed by atoms with Crippen LogP contribution in [0, 0.1) is 0 Å². The number of methoxy groups -OCH3 is 1. The third-order valence-corrected chi connectivity index (χ3v) is 2.81. The lowest BCUT2D eigenvalue weighted by Gasteiger charge is -2.20. The summed E-state index contributed by atoms with van der Waals surface area (Å²) in [5, 5.41) is 10.1. The van der Waals surface area contributed by atoms with Crippen LogP contribution in [-0.4, -0.2) is 50.5 Å². The Morgan fingerprint density at radius 1 is 1.28 bits per heavy atom. The maximum absolute atomic E-state index is 10.1. The Bertz CT molecular complexity index is 326. The smallest absolute Gasteiger partial charge is 0.118 e. The van der Waals surface area contributed by atoms with Crippen LogP contribution in [0.15, 0.2) is 24.3 Å². The van der Waals surface area contributed by atoms with Gasteiger partial charge in [-0.2, -0.15) is 0 Å². The van der Waals surface area contributed by atoms with Crippen LogP contribution in [0.1, 0.15) is 18.6 Å². The zero-order valence-electron chi connectivity index (χ0n) is 11.4. The summed E-state index contributed by atoms with van der Waals surface area (Å²) in [6, 6.07) is 7.50. The van der Waals surface area contributed by atoms with Crippen molar-refractivity contribution >= 4 is 0 Å². The number of aliphatic hydroxyl groups excluding tert-OH is 1. The van der Waals surface area contributed by atoms with Crippen molar-refractivity contribution < 1.29 is 14.6 Å². The van der Waals surface area contributed by atoms with E-state index in [0.717, 1.165) is 24.5 Å². The highest BCUT2D eigenvalue weighted by atomic mass is 16.5. The summed E-state index contributed by atoms with van der Waals surface area (Å²) in [7, 11) is 3.61. The van der Waals surface area contributed by atoms with Gasteiger partial charge in [0, 0.05) is 19.7 Å². The summed E-state index contributed by atoms with van der Waals surface area (Å²) in [5.74, 6) is 0.802. The lowest BCUT2D eigenvalue weighted by molar-refractivity contribution is 0.0891. The molecule has 0 aromatic heterocycles. The van der Waals surface area contributed by atoms with Crippen molar-refractivity contribution in [2.75, 3.05) is 40.5 Å². The molecule has 0 radical (unpaired) electrons. The van der Waals surface area contributed by atoms with Crippen molar-refractivity contribution in [1.29, 1.82) is 0 Å². The van der Waals surface area contributed by atoms with Gasteiger partial charge in [-0.05, 0) is 31.7 Å². The zero-order valence-corrected chi connectivity index (χ0v) is 11.4. The molecule has 1 unspecified atom stereocenters. The molecule has 0 aliphatic carbocycles. The molecule has 102 valence electrons. The van der Waals surface area contributed by atoms with Gasteiger partial charge in [0.25, 0.3) is 0 Å². The fourth-order valence-electron chi connectivity index (χ4n) is 1.68. The first-order valence-electron chi connectivity index (χ1n) is 6.25. The second-order valence-electron chi connectivity index (χ2n) is 4.25. The molecule has 1 N–H and O–H groups in total. The number of hydrogen-bond acceptors (Lipinski definition) is 4. The Balaban J connectivity index is 2.40. The van der Waals surface area contributed by atoms with Crippen LogP contribution in [0.25, 0.3) is 0 Å². The molecule has 0 aliphatic rings. The molecule has 0 bridgehead atoms. The van der Waals surface area contributed by atoms with Crippen LogP contribution in [0.2, 0.25) is 0 Å². The molecule has 0 spiro atoms. The molecule has 18 heavy (non-hydrogen) atoms. The number of ether oxygens (including phenoxy) is 2. The van der Waals surface area contributed by atoms with Crippen LogP contribution in [0.3, 0.4) is 0 Å². The van der Waals surface area contributed by atoms with E-state index in [1.165, 1.54) is 0 Å². The van der Waals surface area contributed by atoms with E-state index in [4.69, 9.17) is 9.47 Å². The van der Waals surface area contributed by atoms with E-state index in [1.54, 1.807) is 7.11 Å². The first-order valence-corrected chi connectivity index (χ1v) is 6.25. The summed E-state index contributed by atoms with van der Waals surface area (Å²) in [6.07, 6.45) is -0.484. The van der Waals surface area contributed by atoms with Crippen molar-refractivity contribution in [1.82, 2.24) is 4.90 Å². The molecule has 1 atom stereocenters. The normalized spacial score (nSPS) is 12.7. The van der Waals surface area contributed by atoms with E-state index >= 15 is 0 Å². The van der Waals surface area contributed by atoms with Crippen molar-refractivity contribution in [2.24, 2.45) is 0 Å². The van der Waals surface area contributed by atoms with Gasteiger partial charge >= 0.3 is 0 Å². The number of likely N-dealkylation sites (N-methyl/N-ethyl adjacent to an activating group) is 1. The molecule has 1 rings (SSSR count). The Hall–Kier alpha value is -1.10. The van der Waals surface area contributed by atoms with E-state index in [-0.39, 0.29) is 0 Å². The summed E-state index contributed by atoms with van der Waals surface area (Å²) in [6.45, 7) is 4.82. The predicted molar refractivity (Wildman–Crippen MR) is 71.9 cm³/mol. The summed E-state index contributed by atoms with van der Waals surface area (Å²) in [4.78, 5) is 2.06. The lowest BCUT2D eigenvalue weighted by Crippen LogP contribution is -2.28. The maximum atomic E-state index is 10.1. The molecule has 0 saturated heterocycles. The number of nitrogens with zero attached hydrogens (tertiary/aromatic N) is 1. The largest absolute Gasteiger partial charge is 0.497 e. The van der Waals surface area contributed by atoms with Crippen molar-refractivity contribution in [3.8, 4) is 5.75 Å². The average Bonchev–Trinajstić information content (AvgIpc) is 2.39. The van der Waals surface area contributed by atoms with Crippen LogP contribution >= 0.6 is 0 Å². The van der Waals surface area contributed by atoms with E-state index in [1.807, 2.05) is 38.2 Å². The molecule has 0 amide bonds. The van der Waals surface area contributed by atoms with Crippen molar-refractivity contribution in [3.63, 3.8) is 0 Å². The highest BCUT2D eigenvalue weighted by Gasteiger charge is 2.10. The SMILES string of the molecule is CCOCCN(C)CC(O)c1ccc(OC)cc1. The minimum absolute atomic E-state index is 0.484. The molecule has 1 aromatic carbocycles. The third-order valence-electron chi connectivity index (χ3n) is 2.81. The van der Waals surface area contributed by atoms with Crippen LogP contribution in [0.5, 0.6) is 5.75 Å². The average molecular weight is 253 g/mol. The molecular weight excluding hydrogens is 230 g/mol. The minimum Gasteiger partial charge on any atom is -0.497 e. The summed E-state index contributed by atoms with van der Waals surface area (Å²) in [5.41, 5.74) is 0.902. The van der Waals surface area contributed by atoms with E-state index in [9.17, 15) is 5.11 Å². The third kappa shape index (κ3) is 5.04. The summed E-state index contributed by atoms with van der Waals surface area (Å²) < 4.78 is 10.4. The molecule has 0 saturated carbocycles. The predicted octanol–water partition coefficient (Wildman–Crippen LogP) is 1.70. The Kier molecular flexibility index (Phi) is 6.72. The van der Waals surface area contributed by atoms with Gasteiger partial charge in [0.1, 0.15) is 5.75 Å². The van der Waals surface area contributed by atoms with E-state index < -0.39 is 6.10 Å². The van der Waals surface area contributed by atoms with Crippen LogP contribution in [0.4, 0.5) is 0 Å². The number of benzene rings is 1. The Labute approximate surface area is 109 Å². The standard InChI is InChI=1S/C14H23NO3/c1-4-18-10-9-15(2)11-14(16)12-5-7-13(17-3)8-6-12/h5-8,14,16H,4,9-11H2,1-3H3. The number of rotatable bonds is 8. The van der Waals surface area contributed by atoms with Crippen molar-refractivity contribution in [3.05, 3.63) is 29.8 Å². The Morgan fingerprint density at radius 2 is 1.94 bits per heavy atom. The molecule has 0 aliphatic heterocycles. The molecule has 0 heterocycles. The quantitative estimate of drug-likeness (QED) is 0.716. The molecular formula is C14H23NO3. The topological polar surface area (TPSA) is 41.9 Å². The van der Waals surface area contributed by atoms with Gasteiger partial charge in [-0.3, -0.25) is 0 Å². The van der Waals surface area contributed by atoms with Crippen LogP contribution in [-0.2, 0) is 4.74 Å². The Morgan fingerprint density at radius 3 is 2.50 bits per heavy atom. The molecule has 4 nitrogen and oxygen atoms in total. The maximum Gasteiger partial charge on any atom is 0.118 e. The van der Waals surface area contributed by atoms with E-state index in [2.05, 4.69) is 4.90 Å². The second-order valence-corrected chi connectivity index (χ2v) is 4.25. The first kappa shape index (κ1) is 15.0. The molecule has 1 aromatic rings. The number of hydrogen-bond donors (Lipinski definition) is 1. The van der Waals surface area contributed by atoms with Gasteiger partial charge in [-0.1, -0.05) is 12.1 Å². The van der Waals surface area contributed by atoms with Gasteiger partial charge < -0.3 is 19.5 Å². The van der Waals surface area contributed by atoms with Gasteiger partial charge in [-0.15, -0.1) is 0 Å². The molecule has 4 heteroatoms. The first-order chi connectivity index (χ1) is 8.67. The lowest BCUT2D eigenvalue weighted by atomic mass is 10.1. The van der Waals surface area contributed by atoms with Gasteiger partial charge in [0.15, 0.2) is 0 Å². The minimum atomic E-state index is -0.484. The van der Waals surface area contributed by atoms with Gasteiger partial charge in [0.2, 0.25) is 0 Å². The zero-order chi connectivity index (χ0) is 13.4. The fourth-order valence-corrected chi connectivity index (χ4v) is 1.68. The second kappa shape index (κ2) is 8.08. The highest BCUT2D eigenvalue weighted by molar-refractivity contribution is 5.28. The van der Waals surface area contributed by atoms with Gasteiger partial charge in [0.05, 0.1) is 19.8 Å². The number of aliphatic hydroxyl groups is 1. The molecule has 0 fully saturated rings. The highest BCUT2D eigenvalue weighted by Crippen LogP contribution is 2.18. The fraction of sp³-hybridized carbons (Fsp3) is 0.571. The monoisotopic (exact) mass is 253 g/mol. The van der Waals surface area contributed by atoms with Gasteiger partial charge in [-0.25, -0.2) is 0 Å². The van der Waals surface area contributed by atoms with Crippen LogP contribution < -0.4 is 4.74 Å².